The third kappa shape index (κ3) is 3.67. The number of nitrogens with zero attached hydrogens (tertiary/aromatic N) is 1. The average Bonchev–Trinajstić information content (AvgIpc) is 2.49. The molecule has 0 aliphatic heterocycles. The summed E-state index contributed by atoms with van der Waals surface area (Å²) < 4.78 is 0. The Morgan fingerprint density at radius 2 is 2.00 bits per heavy atom. The second kappa shape index (κ2) is 7.07. The van der Waals surface area contributed by atoms with Crippen molar-refractivity contribution in [3.05, 3.63) is 59.8 Å². The van der Waals surface area contributed by atoms with Gasteiger partial charge in [0.25, 0.3) is 5.91 Å². The van der Waals surface area contributed by atoms with Crippen molar-refractivity contribution in [2.45, 2.75) is 6.42 Å². The van der Waals surface area contributed by atoms with Crippen LogP contribution in [-0.2, 0) is 0 Å². The van der Waals surface area contributed by atoms with Crippen molar-refractivity contribution < 1.29 is 9.90 Å². The highest BCUT2D eigenvalue weighted by Gasteiger charge is 2.09. The minimum atomic E-state index is -0.252. The maximum absolute atomic E-state index is 12.2. The molecule has 0 fully saturated rings. The first kappa shape index (κ1) is 13.8. The first-order valence-corrected chi connectivity index (χ1v) is 6.22. The quantitative estimate of drug-likeness (QED) is 0.836. The summed E-state index contributed by atoms with van der Waals surface area (Å²) in [5.74, 6) is 5.95. The van der Waals surface area contributed by atoms with Gasteiger partial charge in [0.15, 0.2) is 0 Å². The van der Waals surface area contributed by atoms with Gasteiger partial charge in [-0.1, -0.05) is 30.0 Å². The summed E-state index contributed by atoms with van der Waals surface area (Å²) in [6.07, 6.45) is 2.00. The molecule has 100 valence electrons. The number of carbonyl (C=O) groups excluding carboxylic acids is 1. The van der Waals surface area contributed by atoms with E-state index in [0.29, 0.717) is 23.4 Å². The Bertz CT molecular complexity index is 642. The van der Waals surface area contributed by atoms with Gasteiger partial charge in [-0.05, 0) is 24.3 Å². The van der Waals surface area contributed by atoms with Gasteiger partial charge in [0.1, 0.15) is 5.82 Å². The number of aliphatic hydroxyl groups is 1. The lowest BCUT2D eigenvalue weighted by atomic mass is 10.1. The van der Waals surface area contributed by atoms with Gasteiger partial charge in [-0.15, -0.1) is 0 Å². The van der Waals surface area contributed by atoms with Crippen molar-refractivity contribution in [1.82, 2.24) is 4.98 Å². The second-order valence-electron chi connectivity index (χ2n) is 3.99. The van der Waals surface area contributed by atoms with E-state index in [-0.39, 0.29) is 12.5 Å². The summed E-state index contributed by atoms with van der Waals surface area (Å²) in [5, 5.41) is 11.4. The fraction of sp³-hybridized carbons (Fsp3) is 0.125. The lowest BCUT2D eigenvalue weighted by Gasteiger charge is -2.05. The van der Waals surface area contributed by atoms with Crippen LogP contribution in [0.1, 0.15) is 22.3 Å². The minimum Gasteiger partial charge on any atom is -0.395 e. The van der Waals surface area contributed by atoms with Gasteiger partial charge in [-0.3, -0.25) is 4.79 Å². The summed E-state index contributed by atoms with van der Waals surface area (Å²) in [5.41, 5.74) is 1.12. The fourth-order valence-corrected chi connectivity index (χ4v) is 1.62. The van der Waals surface area contributed by atoms with Crippen molar-refractivity contribution in [2.75, 3.05) is 11.9 Å². The number of hydrogen-bond donors (Lipinski definition) is 2. The lowest BCUT2D eigenvalue weighted by molar-refractivity contribution is 0.102. The number of nitrogens with one attached hydrogen (secondary N) is 1. The third-order valence-electron chi connectivity index (χ3n) is 2.54. The van der Waals surface area contributed by atoms with Crippen LogP contribution >= 0.6 is 0 Å². The molecule has 0 aliphatic rings. The summed E-state index contributed by atoms with van der Waals surface area (Å²) in [4.78, 5) is 16.2. The molecule has 1 aromatic carbocycles. The molecule has 0 bridgehead atoms. The van der Waals surface area contributed by atoms with E-state index in [4.69, 9.17) is 5.11 Å². The van der Waals surface area contributed by atoms with Gasteiger partial charge in [0.2, 0.25) is 0 Å². The first-order chi connectivity index (χ1) is 9.81. The topological polar surface area (TPSA) is 62.2 Å². The average molecular weight is 266 g/mol. The summed E-state index contributed by atoms with van der Waals surface area (Å²) in [6, 6.07) is 12.4. The molecule has 0 radical (unpaired) electrons. The number of anilines is 1. The van der Waals surface area contributed by atoms with Crippen LogP contribution < -0.4 is 5.32 Å². The molecule has 2 aromatic rings. The van der Waals surface area contributed by atoms with Gasteiger partial charge in [-0.2, -0.15) is 0 Å². The zero-order chi connectivity index (χ0) is 14.2. The summed E-state index contributed by atoms with van der Waals surface area (Å²) in [6.45, 7) is 0.00922. The highest BCUT2D eigenvalue weighted by atomic mass is 16.2. The maximum Gasteiger partial charge on any atom is 0.258 e. The van der Waals surface area contributed by atoms with E-state index in [1.54, 1.807) is 42.6 Å². The molecule has 2 N–H and O–H groups in total. The van der Waals surface area contributed by atoms with Crippen LogP contribution in [0.15, 0.2) is 48.7 Å². The van der Waals surface area contributed by atoms with Crippen molar-refractivity contribution in [1.29, 1.82) is 0 Å². The predicted octanol–water partition coefficient (Wildman–Crippen LogP) is 2.07. The van der Waals surface area contributed by atoms with E-state index in [0.717, 1.165) is 0 Å². The zero-order valence-corrected chi connectivity index (χ0v) is 10.8. The van der Waals surface area contributed by atoms with Crippen molar-refractivity contribution in [2.24, 2.45) is 0 Å². The van der Waals surface area contributed by atoms with Crippen LogP contribution in [0.4, 0.5) is 5.82 Å². The van der Waals surface area contributed by atoms with Gasteiger partial charge < -0.3 is 10.4 Å². The van der Waals surface area contributed by atoms with E-state index < -0.39 is 0 Å². The highest BCUT2D eigenvalue weighted by molar-refractivity contribution is 6.05. The highest BCUT2D eigenvalue weighted by Crippen LogP contribution is 2.10. The van der Waals surface area contributed by atoms with Crippen LogP contribution in [0.25, 0.3) is 0 Å². The molecule has 0 saturated carbocycles. The van der Waals surface area contributed by atoms with E-state index >= 15 is 0 Å². The predicted molar refractivity (Wildman–Crippen MR) is 77.2 cm³/mol. The maximum atomic E-state index is 12.2. The number of aliphatic hydroxyl groups excluding tert-OH is 1. The number of hydrogen-bond acceptors (Lipinski definition) is 3. The van der Waals surface area contributed by atoms with E-state index in [1.807, 2.05) is 6.07 Å². The van der Waals surface area contributed by atoms with Gasteiger partial charge >= 0.3 is 0 Å². The Hall–Kier alpha value is -2.64. The molecule has 20 heavy (non-hydrogen) atoms. The Balaban J connectivity index is 2.20. The third-order valence-corrected chi connectivity index (χ3v) is 2.54. The van der Waals surface area contributed by atoms with Crippen LogP contribution in [0.2, 0.25) is 0 Å². The SMILES string of the molecule is O=C(Nc1ccccn1)c1ccccc1C#CCCO. The number of amides is 1. The summed E-state index contributed by atoms with van der Waals surface area (Å²) >= 11 is 0. The number of pyridine rings is 1. The zero-order valence-electron chi connectivity index (χ0n) is 10.8. The molecule has 1 aromatic heterocycles. The smallest absolute Gasteiger partial charge is 0.258 e. The molecular weight excluding hydrogens is 252 g/mol. The van der Waals surface area contributed by atoms with E-state index in [1.165, 1.54) is 0 Å². The molecule has 1 heterocycles. The molecule has 4 nitrogen and oxygen atoms in total. The second-order valence-corrected chi connectivity index (χ2v) is 3.99. The molecule has 1 amide bonds. The number of carbonyl (C=O) groups is 1. The van der Waals surface area contributed by atoms with Gasteiger partial charge in [0, 0.05) is 18.2 Å². The fourth-order valence-electron chi connectivity index (χ4n) is 1.62. The van der Waals surface area contributed by atoms with E-state index in [2.05, 4.69) is 22.1 Å². The molecule has 2 rings (SSSR count). The number of rotatable bonds is 3. The van der Waals surface area contributed by atoms with Crippen molar-refractivity contribution in [3.63, 3.8) is 0 Å². The molecule has 0 aliphatic carbocycles. The molecule has 4 heteroatoms. The summed E-state index contributed by atoms with van der Waals surface area (Å²) in [7, 11) is 0. The molecule has 0 spiro atoms. The van der Waals surface area contributed by atoms with Crippen LogP contribution in [0, 0.1) is 11.8 Å². The van der Waals surface area contributed by atoms with Crippen molar-refractivity contribution in [3.8, 4) is 11.8 Å². The monoisotopic (exact) mass is 266 g/mol. The Morgan fingerprint density at radius 1 is 1.20 bits per heavy atom. The standard InChI is InChI=1S/C16H14N2O2/c19-12-6-4-8-13-7-1-2-9-14(13)16(20)18-15-10-3-5-11-17-15/h1-3,5,7,9-11,19H,6,12H2,(H,17,18,20). The molecular formula is C16H14N2O2. The number of aromatic nitrogens is 1. The van der Waals surface area contributed by atoms with Gasteiger partial charge in [-0.25, -0.2) is 4.98 Å². The van der Waals surface area contributed by atoms with E-state index in [9.17, 15) is 4.79 Å². The molecule has 0 atom stereocenters. The molecule has 0 saturated heterocycles. The Labute approximate surface area is 117 Å². The lowest BCUT2D eigenvalue weighted by Crippen LogP contribution is -2.14. The van der Waals surface area contributed by atoms with Crippen LogP contribution in [0.5, 0.6) is 0 Å². The van der Waals surface area contributed by atoms with Crippen LogP contribution in [-0.4, -0.2) is 22.6 Å². The van der Waals surface area contributed by atoms with Gasteiger partial charge in [0.05, 0.1) is 12.2 Å². The minimum absolute atomic E-state index is 0.00922. The molecule has 0 unspecified atom stereocenters. The van der Waals surface area contributed by atoms with Crippen LogP contribution in [0.3, 0.4) is 0 Å². The normalized spacial score (nSPS) is 9.45. The Morgan fingerprint density at radius 3 is 2.75 bits per heavy atom. The largest absolute Gasteiger partial charge is 0.395 e. The number of benzene rings is 1. The Kier molecular flexibility index (Phi) is 4.87. The van der Waals surface area contributed by atoms with Crippen molar-refractivity contribution >= 4 is 11.7 Å². The first-order valence-electron chi connectivity index (χ1n) is 6.22.